The highest BCUT2D eigenvalue weighted by Gasteiger charge is 2.74. The van der Waals surface area contributed by atoms with Gasteiger partial charge >= 0.3 is 12.0 Å². The molecule has 4 aliphatic rings. The Bertz CT molecular complexity index is 1030. The van der Waals surface area contributed by atoms with Crippen LogP contribution in [0.25, 0.3) is 0 Å². The van der Waals surface area contributed by atoms with Crippen LogP contribution in [0.2, 0.25) is 0 Å². The predicted molar refractivity (Wildman–Crippen MR) is 150 cm³/mol. The van der Waals surface area contributed by atoms with Gasteiger partial charge in [0.25, 0.3) is 0 Å². The minimum absolute atomic E-state index is 0.0978. The quantitative estimate of drug-likeness (QED) is 0.224. The number of nitrogens with one attached hydrogen (secondary N) is 2. The highest BCUT2D eigenvalue weighted by Crippen LogP contribution is 2.65. The molecule has 4 fully saturated rings. The monoisotopic (exact) mass is 598 g/mol. The van der Waals surface area contributed by atoms with Crippen molar-refractivity contribution in [3.63, 3.8) is 0 Å². The second-order valence-electron chi connectivity index (χ2n) is 11.9. The van der Waals surface area contributed by atoms with Crippen molar-refractivity contribution < 1.29 is 28.7 Å². The molecule has 3 unspecified atom stereocenters. The summed E-state index contributed by atoms with van der Waals surface area (Å²) in [5.74, 6) is -3.39. The van der Waals surface area contributed by atoms with Crippen LogP contribution < -0.4 is 10.6 Å². The summed E-state index contributed by atoms with van der Waals surface area (Å²) in [7, 11) is 0. The Hall–Kier alpha value is -2.20. The minimum atomic E-state index is -1.19. The van der Waals surface area contributed by atoms with Gasteiger partial charge in [0.2, 0.25) is 17.6 Å². The first-order valence-corrected chi connectivity index (χ1v) is 15.3. The molecule has 4 amide bonds. The molecular formula is C28H40Cl2N4O6. The molecule has 3 aliphatic carbocycles. The number of nitrogens with zero attached hydrogens (tertiary/aromatic N) is 2. The van der Waals surface area contributed by atoms with Crippen LogP contribution in [-0.4, -0.2) is 76.3 Å². The van der Waals surface area contributed by atoms with Crippen molar-refractivity contribution in [3.8, 4) is 0 Å². The van der Waals surface area contributed by atoms with E-state index in [0.717, 1.165) is 51.4 Å². The van der Waals surface area contributed by atoms with Crippen LogP contribution in [0.15, 0.2) is 4.99 Å². The van der Waals surface area contributed by atoms with Crippen LogP contribution in [0.1, 0.15) is 78.1 Å². The Morgan fingerprint density at radius 2 is 1.77 bits per heavy atom. The van der Waals surface area contributed by atoms with Gasteiger partial charge < -0.3 is 20.3 Å². The van der Waals surface area contributed by atoms with Crippen LogP contribution in [0.4, 0.5) is 4.79 Å². The topological polar surface area (TPSA) is 134 Å². The fourth-order valence-electron chi connectivity index (χ4n) is 6.78. The predicted octanol–water partition coefficient (Wildman–Crippen LogP) is 3.56. The molecule has 2 N–H and O–H groups in total. The average molecular weight is 600 g/mol. The third-order valence-corrected chi connectivity index (χ3v) is 10.1. The highest BCUT2D eigenvalue weighted by molar-refractivity contribution is 6.51. The SMILES string of the molecule is C=NC(=O)C(=O)C(CCC)NC(=O)[C@@H]1[C@@H]2[C@H](CN1C(=O)[C@@H](NC(=O)OC1CCC(C)C1)C1CCCCC1)C2(Cl)Cl. The number of likely N-dealkylation sites (tertiary alicyclic amines) is 1. The number of amides is 4. The zero-order valence-electron chi connectivity index (χ0n) is 23.2. The summed E-state index contributed by atoms with van der Waals surface area (Å²) in [6.07, 6.45) is 7.00. The molecule has 3 saturated carbocycles. The molecule has 222 valence electrons. The number of fused-ring (bicyclic) bond motifs is 1. The second-order valence-corrected chi connectivity index (χ2v) is 13.3. The lowest BCUT2D eigenvalue weighted by atomic mass is 9.83. The third-order valence-electron chi connectivity index (χ3n) is 9.03. The van der Waals surface area contributed by atoms with Gasteiger partial charge in [-0.05, 0) is 57.1 Å². The van der Waals surface area contributed by atoms with E-state index in [0.29, 0.717) is 12.3 Å². The Kier molecular flexibility index (Phi) is 9.81. The maximum absolute atomic E-state index is 14.1. The fourth-order valence-corrected chi connectivity index (χ4v) is 7.60. The number of ether oxygens (including phenoxy) is 1. The lowest BCUT2D eigenvalue weighted by molar-refractivity contribution is -0.144. The maximum Gasteiger partial charge on any atom is 0.408 e. The number of carbonyl (C=O) groups excluding carboxylic acids is 5. The summed E-state index contributed by atoms with van der Waals surface area (Å²) >= 11 is 13.0. The molecule has 1 heterocycles. The van der Waals surface area contributed by atoms with Gasteiger partial charge in [0.1, 0.15) is 22.5 Å². The molecule has 0 spiro atoms. The summed E-state index contributed by atoms with van der Waals surface area (Å²) in [6.45, 7) is 7.19. The van der Waals surface area contributed by atoms with Crippen molar-refractivity contribution >= 4 is 59.5 Å². The van der Waals surface area contributed by atoms with Crippen molar-refractivity contribution in [2.45, 2.75) is 107 Å². The van der Waals surface area contributed by atoms with E-state index in [-0.39, 0.29) is 36.8 Å². The van der Waals surface area contributed by atoms with Gasteiger partial charge in [0, 0.05) is 18.4 Å². The van der Waals surface area contributed by atoms with Crippen LogP contribution in [0, 0.1) is 23.7 Å². The molecule has 0 aromatic heterocycles. The van der Waals surface area contributed by atoms with E-state index in [2.05, 4.69) is 29.3 Å². The van der Waals surface area contributed by atoms with E-state index in [4.69, 9.17) is 27.9 Å². The van der Waals surface area contributed by atoms with Gasteiger partial charge in [0.05, 0.1) is 6.04 Å². The number of piperidine rings is 1. The Balaban J connectivity index is 1.53. The smallest absolute Gasteiger partial charge is 0.408 e. The van der Waals surface area contributed by atoms with E-state index in [1.54, 1.807) is 0 Å². The van der Waals surface area contributed by atoms with Crippen LogP contribution >= 0.6 is 23.2 Å². The number of rotatable bonds is 10. The van der Waals surface area contributed by atoms with Gasteiger partial charge in [-0.3, -0.25) is 19.2 Å². The molecule has 7 atom stereocenters. The van der Waals surface area contributed by atoms with Crippen LogP contribution in [-0.2, 0) is 23.9 Å². The van der Waals surface area contributed by atoms with Crippen LogP contribution in [0.3, 0.4) is 0 Å². The average Bonchev–Trinajstić information content (AvgIpc) is 3.28. The summed E-state index contributed by atoms with van der Waals surface area (Å²) in [5.41, 5.74) is 0. The number of alkyl carbamates (subject to hydrolysis) is 1. The first-order chi connectivity index (χ1) is 19.0. The minimum Gasteiger partial charge on any atom is -0.446 e. The normalized spacial score (nSPS) is 30.5. The van der Waals surface area contributed by atoms with Gasteiger partial charge in [-0.15, -0.1) is 23.2 Å². The van der Waals surface area contributed by atoms with E-state index < -0.39 is 52.1 Å². The number of Topliss-reactive ketones (excluding diaryl/α,β-unsaturated/α-hetero) is 1. The van der Waals surface area contributed by atoms with Crippen LogP contribution in [0.5, 0.6) is 0 Å². The summed E-state index contributed by atoms with van der Waals surface area (Å²) in [5, 5.41) is 5.49. The Morgan fingerprint density at radius 3 is 2.38 bits per heavy atom. The molecule has 0 bridgehead atoms. The zero-order valence-corrected chi connectivity index (χ0v) is 24.7. The third kappa shape index (κ3) is 6.48. The highest BCUT2D eigenvalue weighted by atomic mass is 35.5. The standard InChI is InChI=1S/C28H40Cl2N4O6/c1-4-8-19(23(35)25(37)31-3)32-24(36)22-20-18(28(20,29)30)14-34(22)26(38)21(16-9-6-5-7-10-16)33-27(39)40-17-12-11-15(2)13-17/h15-22H,3-14H2,1-2H3,(H,32,36)(H,33,39)/t15?,17?,18-,19?,20-,21-,22-/m0/s1. The summed E-state index contributed by atoms with van der Waals surface area (Å²) in [4.78, 5) is 69.7. The van der Waals surface area contributed by atoms with Crippen molar-refractivity contribution in [3.05, 3.63) is 0 Å². The van der Waals surface area contributed by atoms with Gasteiger partial charge in [-0.25, -0.2) is 9.79 Å². The van der Waals surface area contributed by atoms with E-state index in [9.17, 15) is 24.0 Å². The second kappa shape index (κ2) is 12.8. The Morgan fingerprint density at radius 1 is 1.07 bits per heavy atom. The van der Waals surface area contributed by atoms with E-state index in [1.165, 1.54) is 4.90 Å². The lowest BCUT2D eigenvalue weighted by Gasteiger charge is -2.36. The van der Waals surface area contributed by atoms with E-state index in [1.807, 2.05) is 6.92 Å². The van der Waals surface area contributed by atoms with Gasteiger partial charge in [0.15, 0.2) is 0 Å². The number of hydrogen-bond donors (Lipinski definition) is 2. The summed E-state index contributed by atoms with van der Waals surface area (Å²) in [6, 6.07) is -3.02. The van der Waals surface area contributed by atoms with E-state index >= 15 is 0 Å². The number of hydrogen-bond acceptors (Lipinski definition) is 6. The molecule has 0 radical (unpaired) electrons. The summed E-state index contributed by atoms with van der Waals surface area (Å²) < 4.78 is 4.48. The zero-order chi connectivity index (χ0) is 29.2. The molecule has 0 aromatic rings. The van der Waals surface area contributed by atoms with Gasteiger partial charge in [-0.1, -0.05) is 39.5 Å². The molecular weight excluding hydrogens is 559 g/mol. The Labute approximate surface area is 245 Å². The molecule has 1 saturated heterocycles. The first-order valence-electron chi connectivity index (χ1n) is 14.5. The van der Waals surface area contributed by atoms with Crippen molar-refractivity contribution in [2.75, 3.05) is 6.54 Å². The maximum atomic E-state index is 14.1. The lowest BCUT2D eigenvalue weighted by Crippen LogP contribution is -2.59. The number of halogens is 2. The molecule has 4 rings (SSSR count). The molecule has 0 aromatic carbocycles. The largest absolute Gasteiger partial charge is 0.446 e. The molecule has 40 heavy (non-hydrogen) atoms. The molecule has 1 aliphatic heterocycles. The number of ketones is 1. The number of carbonyl (C=O) groups is 5. The number of alkyl halides is 2. The molecule has 10 nitrogen and oxygen atoms in total. The van der Waals surface area contributed by atoms with Gasteiger partial charge in [-0.2, -0.15) is 0 Å². The fraction of sp³-hybridized carbons (Fsp3) is 0.786. The van der Waals surface area contributed by atoms with Crippen molar-refractivity contribution in [2.24, 2.45) is 28.7 Å². The van der Waals surface area contributed by atoms with Crippen molar-refractivity contribution in [1.29, 1.82) is 0 Å². The molecule has 12 heteroatoms. The number of aliphatic imine (C=N–C) groups is 1. The van der Waals surface area contributed by atoms with Crippen molar-refractivity contribution in [1.82, 2.24) is 15.5 Å². The first kappa shape index (κ1) is 30.8.